The molecule has 4 atom stereocenters. The predicted octanol–water partition coefficient (Wildman–Crippen LogP) is 4.95. The molecule has 0 heterocycles. The lowest BCUT2D eigenvalue weighted by Gasteiger charge is -2.34. The molecular formula is C18H32O. The molecule has 1 N–H and O–H groups in total. The quantitative estimate of drug-likeness (QED) is 0.697. The molecule has 0 amide bonds. The summed E-state index contributed by atoms with van der Waals surface area (Å²) in [5.74, 6) is 3.51. The smallest absolute Gasteiger partial charge is 0.0591 e. The van der Waals surface area contributed by atoms with Crippen molar-refractivity contribution in [3.63, 3.8) is 0 Å². The van der Waals surface area contributed by atoms with Crippen LogP contribution in [-0.2, 0) is 0 Å². The minimum absolute atomic E-state index is 0.489. The number of hydrogen-bond acceptors (Lipinski definition) is 1. The van der Waals surface area contributed by atoms with E-state index in [-0.39, 0.29) is 0 Å². The van der Waals surface area contributed by atoms with E-state index in [1.807, 2.05) is 13.8 Å². The van der Waals surface area contributed by atoms with Crippen LogP contribution in [0, 0.1) is 23.7 Å². The number of hydrogen-bond donors (Lipinski definition) is 1. The Morgan fingerprint density at radius 3 is 2.74 bits per heavy atom. The molecule has 0 aliphatic heterocycles. The molecule has 2 saturated carbocycles. The minimum atomic E-state index is -0.489. The van der Waals surface area contributed by atoms with E-state index in [1.165, 1.54) is 44.9 Å². The van der Waals surface area contributed by atoms with Crippen LogP contribution in [0.15, 0.2) is 12.2 Å². The molecule has 0 aromatic carbocycles. The van der Waals surface area contributed by atoms with Crippen LogP contribution in [0.5, 0.6) is 0 Å². The second-order valence-corrected chi connectivity index (χ2v) is 7.74. The van der Waals surface area contributed by atoms with E-state index < -0.39 is 5.60 Å². The summed E-state index contributed by atoms with van der Waals surface area (Å²) in [4.78, 5) is 0. The minimum Gasteiger partial charge on any atom is -0.390 e. The van der Waals surface area contributed by atoms with Crippen LogP contribution < -0.4 is 0 Å². The summed E-state index contributed by atoms with van der Waals surface area (Å²) >= 11 is 0. The van der Waals surface area contributed by atoms with Gasteiger partial charge in [0.15, 0.2) is 0 Å². The second-order valence-electron chi connectivity index (χ2n) is 7.74. The van der Waals surface area contributed by atoms with E-state index in [2.05, 4.69) is 13.5 Å². The van der Waals surface area contributed by atoms with Gasteiger partial charge in [-0.05, 0) is 76.0 Å². The van der Waals surface area contributed by atoms with Gasteiger partial charge < -0.3 is 5.11 Å². The first-order valence-corrected chi connectivity index (χ1v) is 8.28. The second kappa shape index (κ2) is 5.99. The molecule has 0 bridgehead atoms. The Bertz CT molecular complexity index is 312. The van der Waals surface area contributed by atoms with Crippen molar-refractivity contribution >= 4 is 0 Å². The summed E-state index contributed by atoms with van der Waals surface area (Å²) in [5, 5.41) is 9.81. The summed E-state index contributed by atoms with van der Waals surface area (Å²) in [7, 11) is 0. The van der Waals surface area contributed by atoms with E-state index >= 15 is 0 Å². The van der Waals surface area contributed by atoms with E-state index in [0.717, 1.165) is 30.1 Å². The van der Waals surface area contributed by atoms with Crippen LogP contribution in [0.2, 0.25) is 0 Å². The summed E-state index contributed by atoms with van der Waals surface area (Å²) in [6.45, 7) is 10.6. The van der Waals surface area contributed by atoms with Crippen molar-refractivity contribution in [2.45, 2.75) is 77.7 Å². The molecule has 1 heteroatoms. The summed E-state index contributed by atoms with van der Waals surface area (Å²) in [6.07, 6.45) is 10.3. The van der Waals surface area contributed by atoms with Crippen LogP contribution in [0.25, 0.3) is 0 Å². The summed E-state index contributed by atoms with van der Waals surface area (Å²) < 4.78 is 0. The number of fused-ring (bicyclic) bond motifs is 1. The topological polar surface area (TPSA) is 20.2 Å². The molecule has 0 aromatic heterocycles. The van der Waals surface area contributed by atoms with Gasteiger partial charge >= 0.3 is 0 Å². The maximum Gasteiger partial charge on any atom is 0.0591 e. The molecule has 0 aromatic rings. The Morgan fingerprint density at radius 1 is 1.32 bits per heavy atom. The fourth-order valence-corrected chi connectivity index (χ4v) is 4.55. The summed E-state index contributed by atoms with van der Waals surface area (Å²) in [6, 6.07) is 0. The number of rotatable bonds is 5. The third-order valence-electron chi connectivity index (χ3n) is 5.62. The molecule has 1 nitrogen and oxygen atoms in total. The standard InChI is InChI=1S/C18H32O/c1-13-7-5-9-17-15(13)10-11-16(17)14(2)8-6-12-18(3,4)19/h14-17,19H,1,5-12H2,2-4H3/t14-,15-,16+,17-/m0/s1. The zero-order valence-corrected chi connectivity index (χ0v) is 13.1. The molecule has 2 aliphatic carbocycles. The van der Waals surface area contributed by atoms with Crippen molar-refractivity contribution < 1.29 is 5.11 Å². The van der Waals surface area contributed by atoms with Crippen molar-refractivity contribution in [3.05, 3.63) is 12.2 Å². The first kappa shape index (κ1) is 15.1. The Balaban J connectivity index is 1.83. The molecule has 2 fully saturated rings. The van der Waals surface area contributed by atoms with Gasteiger partial charge in [-0.25, -0.2) is 0 Å². The van der Waals surface area contributed by atoms with Gasteiger partial charge in [-0.1, -0.05) is 31.9 Å². The van der Waals surface area contributed by atoms with E-state index in [9.17, 15) is 5.11 Å². The average Bonchev–Trinajstić information content (AvgIpc) is 2.72. The third-order valence-corrected chi connectivity index (χ3v) is 5.62. The normalized spacial score (nSPS) is 33.3. The van der Waals surface area contributed by atoms with Gasteiger partial charge in [0, 0.05) is 0 Å². The van der Waals surface area contributed by atoms with Crippen LogP contribution in [0.3, 0.4) is 0 Å². The Hall–Kier alpha value is -0.300. The molecule has 19 heavy (non-hydrogen) atoms. The van der Waals surface area contributed by atoms with Gasteiger partial charge in [-0.2, -0.15) is 0 Å². The van der Waals surface area contributed by atoms with Crippen molar-refractivity contribution in [3.8, 4) is 0 Å². The highest BCUT2D eigenvalue weighted by Gasteiger charge is 2.40. The predicted molar refractivity (Wildman–Crippen MR) is 82.0 cm³/mol. The fraction of sp³-hybridized carbons (Fsp3) is 0.889. The lowest BCUT2D eigenvalue weighted by Crippen LogP contribution is -2.25. The van der Waals surface area contributed by atoms with Crippen LogP contribution >= 0.6 is 0 Å². The highest BCUT2D eigenvalue weighted by atomic mass is 16.3. The lowest BCUT2D eigenvalue weighted by molar-refractivity contribution is 0.0652. The maximum atomic E-state index is 9.81. The molecule has 0 unspecified atom stereocenters. The largest absolute Gasteiger partial charge is 0.390 e. The SMILES string of the molecule is C=C1CCC[C@@H]2[C@@H]([C@@H](C)CCCC(C)(C)O)CC[C@@H]12. The molecule has 110 valence electrons. The zero-order valence-electron chi connectivity index (χ0n) is 13.1. The zero-order chi connectivity index (χ0) is 14.0. The van der Waals surface area contributed by atoms with Gasteiger partial charge in [0.25, 0.3) is 0 Å². The molecule has 0 saturated heterocycles. The van der Waals surface area contributed by atoms with Crippen molar-refractivity contribution in [2.75, 3.05) is 0 Å². The van der Waals surface area contributed by atoms with E-state index in [0.29, 0.717) is 0 Å². The van der Waals surface area contributed by atoms with Gasteiger partial charge in [-0.15, -0.1) is 0 Å². The highest BCUT2D eigenvalue weighted by Crippen LogP contribution is 2.51. The number of allylic oxidation sites excluding steroid dienone is 1. The van der Waals surface area contributed by atoms with Gasteiger partial charge in [0.05, 0.1) is 5.60 Å². The number of aliphatic hydroxyl groups is 1. The van der Waals surface area contributed by atoms with Crippen LogP contribution in [0.1, 0.15) is 72.1 Å². The van der Waals surface area contributed by atoms with Gasteiger partial charge in [0.1, 0.15) is 0 Å². The molecule has 2 rings (SSSR count). The first-order valence-electron chi connectivity index (χ1n) is 8.28. The van der Waals surface area contributed by atoms with Gasteiger partial charge in [0.2, 0.25) is 0 Å². The Kier molecular flexibility index (Phi) is 4.76. The van der Waals surface area contributed by atoms with E-state index in [1.54, 1.807) is 5.57 Å². The van der Waals surface area contributed by atoms with Crippen LogP contribution in [0.4, 0.5) is 0 Å². The van der Waals surface area contributed by atoms with Crippen molar-refractivity contribution in [2.24, 2.45) is 23.7 Å². The maximum absolute atomic E-state index is 9.81. The van der Waals surface area contributed by atoms with Crippen molar-refractivity contribution in [1.29, 1.82) is 0 Å². The fourth-order valence-electron chi connectivity index (χ4n) is 4.55. The monoisotopic (exact) mass is 264 g/mol. The molecule has 0 spiro atoms. The molecule has 0 radical (unpaired) electrons. The van der Waals surface area contributed by atoms with Gasteiger partial charge in [-0.3, -0.25) is 0 Å². The Morgan fingerprint density at radius 2 is 2.05 bits per heavy atom. The first-order chi connectivity index (χ1) is 8.88. The molecule has 2 aliphatic rings. The van der Waals surface area contributed by atoms with Crippen molar-refractivity contribution in [1.82, 2.24) is 0 Å². The van der Waals surface area contributed by atoms with E-state index in [4.69, 9.17) is 0 Å². The summed E-state index contributed by atoms with van der Waals surface area (Å²) in [5.41, 5.74) is 1.05. The highest BCUT2D eigenvalue weighted by molar-refractivity contribution is 5.10. The Labute approximate surface area is 119 Å². The average molecular weight is 264 g/mol. The third kappa shape index (κ3) is 3.84. The lowest BCUT2D eigenvalue weighted by atomic mass is 9.72. The van der Waals surface area contributed by atoms with Crippen LogP contribution in [-0.4, -0.2) is 10.7 Å². The molecular weight excluding hydrogens is 232 g/mol.